The van der Waals surface area contributed by atoms with E-state index in [1.165, 1.54) is 10.6 Å². The van der Waals surface area contributed by atoms with Gasteiger partial charge in [-0.2, -0.15) is 0 Å². The zero-order valence-corrected chi connectivity index (χ0v) is 8.05. The van der Waals surface area contributed by atoms with Crippen molar-refractivity contribution < 1.29 is 4.79 Å². The molecular weight excluding hydrogens is 222 g/mol. The van der Waals surface area contributed by atoms with Crippen LogP contribution in [0, 0.1) is 5.41 Å². The third-order valence-electron chi connectivity index (χ3n) is 1.47. The van der Waals surface area contributed by atoms with Crippen molar-refractivity contribution in [3.8, 4) is 0 Å². The van der Waals surface area contributed by atoms with Gasteiger partial charge < -0.3 is 10.3 Å². The number of halogens is 1. The number of aryl methyl sites for hydroxylation is 1. The maximum absolute atomic E-state index is 10.8. The minimum atomic E-state index is -0.586. The average Bonchev–Trinajstić information content (AvgIpc) is 1.96. The molecule has 12 heavy (non-hydrogen) atoms. The molecule has 0 atom stereocenters. The van der Waals surface area contributed by atoms with Gasteiger partial charge in [0, 0.05) is 17.7 Å². The lowest BCUT2D eigenvalue weighted by molar-refractivity contribution is 0.0998. The van der Waals surface area contributed by atoms with E-state index in [1.54, 1.807) is 13.2 Å². The Hall–Kier alpha value is -1.10. The number of nitrogens with zero attached hydrogens (tertiary/aromatic N) is 1. The molecule has 0 aliphatic carbocycles. The van der Waals surface area contributed by atoms with Crippen LogP contribution in [0.1, 0.15) is 10.4 Å². The first-order chi connectivity index (χ1) is 5.52. The van der Waals surface area contributed by atoms with Crippen LogP contribution in [0.5, 0.6) is 0 Å². The first kappa shape index (κ1) is 8.99. The molecule has 4 nitrogen and oxygen atoms in total. The van der Waals surface area contributed by atoms with E-state index in [2.05, 4.69) is 15.9 Å². The topological polar surface area (TPSA) is 71.9 Å². The first-order valence-corrected chi connectivity index (χ1v) is 4.02. The zero-order valence-electron chi connectivity index (χ0n) is 6.47. The summed E-state index contributed by atoms with van der Waals surface area (Å²) in [5, 5.41) is 7.46. The van der Waals surface area contributed by atoms with Crippen molar-refractivity contribution in [1.82, 2.24) is 4.57 Å². The minimum absolute atomic E-state index is 0.116. The highest BCUT2D eigenvalue weighted by Crippen LogP contribution is 2.07. The van der Waals surface area contributed by atoms with Gasteiger partial charge in [-0.15, -0.1) is 0 Å². The van der Waals surface area contributed by atoms with Crippen molar-refractivity contribution in [2.45, 2.75) is 0 Å². The second-order valence-electron chi connectivity index (χ2n) is 2.40. The van der Waals surface area contributed by atoms with Gasteiger partial charge in [-0.25, -0.2) is 0 Å². The van der Waals surface area contributed by atoms with Crippen molar-refractivity contribution in [3.63, 3.8) is 0 Å². The van der Waals surface area contributed by atoms with Crippen LogP contribution < -0.4 is 11.2 Å². The first-order valence-electron chi connectivity index (χ1n) is 3.23. The number of amides is 1. The lowest BCUT2D eigenvalue weighted by Gasteiger charge is -2.02. The lowest BCUT2D eigenvalue weighted by atomic mass is 10.2. The summed E-state index contributed by atoms with van der Waals surface area (Å²) in [4.78, 5) is 10.8. The average molecular weight is 230 g/mol. The number of nitrogens with two attached hydrogens (primary N) is 1. The third-order valence-corrected chi connectivity index (χ3v) is 1.91. The van der Waals surface area contributed by atoms with E-state index >= 15 is 0 Å². The van der Waals surface area contributed by atoms with Gasteiger partial charge in [-0.3, -0.25) is 10.2 Å². The minimum Gasteiger partial charge on any atom is -0.365 e. The third kappa shape index (κ3) is 1.55. The maximum atomic E-state index is 10.8. The Morgan fingerprint density at radius 1 is 1.75 bits per heavy atom. The van der Waals surface area contributed by atoms with Gasteiger partial charge in [0.15, 0.2) is 0 Å². The molecular formula is C7H8BrN3O. The van der Waals surface area contributed by atoms with Crippen molar-refractivity contribution in [2.75, 3.05) is 0 Å². The summed E-state index contributed by atoms with van der Waals surface area (Å²) in [6, 6.07) is 1.53. The number of pyridine rings is 1. The highest BCUT2D eigenvalue weighted by molar-refractivity contribution is 9.10. The molecule has 1 aromatic heterocycles. The van der Waals surface area contributed by atoms with Gasteiger partial charge in [-0.05, 0) is 22.0 Å². The summed E-state index contributed by atoms with van der Waals surface area (Å²) in [6.07, 6.45) is 1.69. The van der Waals surface area contributed by atoms with Crippen LogP contribution in [0.4, 0.5) is 0 Å². The molecule has 0 spiro atoms. The summed E-state index contributed by atoms with van der Waals surface area (Å²) in [6.45, 7) is 0. The van der Waals surface area contributed by atoms with Gasteiger partial charge in [0.25, 0.3) is 5.91 Å². The van der Waals surface area contributed by atoms with Gasteiger partial charge in [-0.1, -0.05) is 0 Å². The van der Waals surface area contributed by atoms with Gasteiger partial charge in [0.2, 0.25) is 0 Å². The molecule has 0 unspecified atom stereocenters. The van der Waals surface area contributed by atoms with E-state index in [-0.39, 0.29) is 11.1 Å². The van der Waals surface area contributed by atoms with Gasteiger partial charge in [0.1, 0.15) is 5.49 Å². The van der Waals surface area contributed by atoms with Crippen molar-refractivity contribution >= 4 is 21.8 Å². The van der Waals surface area contributed by atoms with Crippen LogP contribution in [0.3, 0.4) is 0 Å². The summed E-state index contributed by atoms with van der Waals surface area (Å²) in [5.74, 6) is -0.586. The van der Waals surface area contributed by atoms with Crippen LogP contribution in [0.2, 0.25) is 0 Å². The number of hydrogen-bond acceptors (Lipinski definition) is 2. The molecule has 0 bridgehead atoms. The van der Waals surface area contributed by atoms with Crippen molar-refractivity contribution in [2.24, 2.45) is 12.8 Å². The van der Waals surface area contributed by atoms with Crippen LogP contribution in [0.25, 0.3) is 0 Å². The Bertz CT molecular complexity index is 383. The summed E-state index contributed by atoms with van der Waals surface area (Å²) < 4.78 is 2.25. The number of aromatic nitrogens is 1. The van der Waals surface area contributed by atoms with E-state index in [4.69, 9.17) is 11.1 Å². The number of carbonyl (C=O) groups is 1. The Balaban J connectivity index is 3.49. The molecule has 0 fully saturated rings. The number of nitrogens with one attached hydrogen (secondary N) is 1. The highest BCUT2D eigenvalue weighted by Gasteiger charge is 2.05. The molecule has 3 N–H and O–H groups in total. The van der Waals surface area contributed by atoms with Crippen LogP contribution in [-0.4, -0.2) is 10.5 Å². The largest absolute Gasteiger partial charge is 0.365 e. The Labute approximate surface area is 77.6 Å². The summed E-state index contributed by atoms with van der Waals surface area (Å²) in [7, 11) is 1.68. The smallest absolute Gasteiger partial charge is 0.252 e. The van der Waals surface area contributed by atoms with Gasteiger partial charge >= 0.3 is 0 Å². The maximum Gasteiger partial charge on any atom is 0.252 e. The molecule has 5 heteroatoms. The fourth-order valence-electron chi connectivity index (χ4n) is 0.871. The van der Waals surface area contributed by atoms with E-state index in [1.807, 2.05) is 0 Å². The second kappa shape index (κ2) is 3.10. The number of carbonyl (C=O) groups excluding carboxylic acids is 1. The molecule has 0 saturated carbocycles. The molecule has 0 aliphatic rings. The molecule has 1 aromatic rings. The molecule has 1 rings (SSSR count). The predicted molar refractivity (Wildman–Crippen MR) is 47.5 cm³/mol. The number of hydrogen-bond donors (Lipinski definition) is 2. The second-order valence-corrected chi connectivity index (χ2v) is 3.31. The SMILES string of the molecule is Cn1cc(Br)cc(C(N)=O)c1=N. The van der Waals surface area contributed by atoms with E-state index < -0.39 is 5.91 Å². The van der Waals surface area contributed by atoms with E-state index in [0.29, 0.717) is 0 Å². The van der Waals surface area contributed by atoms with E-state index in [0.717, 1.165) is 4.47 Å². The van der Waals surface area contributed by atoms with Crippen LogP contribution in [-0.2, 0) is 7.05 Å². The summed E-state index contributed by atoms with van der Waals surface area (Å²) >= 11 is 3.20. The monoisotopic (exact) mass is 229 g/mol. The zero-order chi connectivity index (χ0) is 9.30. The van der Waals surface area contributed by atoms with Crippen LogP contribution >= 0.6 is 15.9 Å². The Kier molecular flexibility index (Phi) is 2.32. The number of rotatable bonds is 1. The Morgan fingerprint density at radius 2 is 2.33 bits per heavy atom. The molecule has 0 radical (unpaired) electrons. The number of primary amides is 1. The van der Waals surface area contributed by atoms with Crippen molar-refractivity contribution in [1.29, 1.82) is 5.41 Å². The molecule has 0 aliphatic heterocycles. The molecule has 1 heterocycles. The van der Waals surface area contributed by atoms with Crippen molar-refractivity contribution in [3.05, 3.63) is 27.8 Å². The molecule has 1 amide bonds. The summed E-state index contributed by atoms with van der Waals surface area (Å²) in [5.41, 5.74) is 5.39. The lowest BCUT2D eigenvalue weighted by Crippen LogP contribution is -2.27. The highest BCUT2D eigenvalue weighted by atomic mass is 79.9. The standard InChI is InChI=1S/C7H8BrN3O/c1-11-3-4(8)2-5(6(11)9)7(10)12/h2-3,9H,1H3,(H2,10,12). The fraction of sp³-hybridized carbons (Fsp3) is 0.143. The molecule has 0 saturated heterocycles. The molecule has 0 aromatic carbocycles. The van der Waals surface area contributed by atoms with E-state index in [9.17, 15) is 4.79 Å². The van der Waals surface area contributed by atoms with Gasteiger partial charge in [0.05, 0.1) is 5.56 Å². The van der Waals surface area contributed by atoms with Crippen LogP contribution in [0.15, 0.2) is 16.7 Å². The fourth-order valence-corrected chi connectivity index (χ4v) is 1.41. The normalized spacial score (nSPS) is 9.83. The Morgan fingerprint density at radius 3 is 2.83 bits per heavy atom. The molecule has 64 valence electrons. The predicted octanol–water partition coefficient (Wildman–Crippen LogP) is 0.366. The quantitative estimate of drug-likeness (QED) is 0.718.